The zero-order valence-electron chi connectivity index (χ0n) is 16.5. The molecule has 2 heterocycles. The third-order valence-corrected chi connectivity index (χ3v) is 5.89. The van der Waals surface area contributed by atoms with Gasteiger partial charge in [-0.1, -0.05) is 12.1 Å². The summed E-state index contributed by atoms with van der Waals surface area (Å²) >= 11 is 4.71. The first-order valence-corrected chi connectivity index (χ1v) is 10.8. The summed E-state index contributed by atoms with van der Waals surface area (Å²) in [6, 6.07) is 14.4. The van der Waals surface area contributed by atoms with Gasteiger partial charge in [0, 0.05) is 16.8 Å². The molecule has 0 atom stereocenters. The van der Waals surface area contributed by atoms with Crippen molar-refractivity contribution in [3.63, 3.8) is 0 Å². The minimum atomic E-state index is -0.557. The van der Waals surface area contributed by atoms with E-state index in [1.54, 1.807) is 48.9 Å². The van der Waals surface area contributed by atoms with E-state index in [0.29, 0.717) is 27.8 Å². The Balaban J connectivity index is 1.63. The molecule has 0 fully saturated rings. The van der Waals surface area contributed by atoms with Crippen LogP contribution in [0.1, 0.15) is 18.2 Å². The van der Waals surface area contributed by atoms with E-state index >= 15 is 0 Å². The summed E-state index contributed by atoms with van der Waals surface area (Å²) in [6.45, 7) is 1.46. The highest BCUT2D eigenvalue weighted by atomic mass is 79.9. The predicted molar refractivity (Wildman–Crippen MR) is 123 cm³/mol. The van der Waals surface area contributed by atoms with E-state index in [4.69, 9.17) is 9.47 Å². The predicted octanol–water partition coefficient (Wildman–Crippen LogP) is 4.94. The van der Waals surface area contributed by atoms with Crippen molar-refractivity contribution in [2.75, 3.05) is 12.0 Å². The lowest BCUT2D eigenvalue weighted by Crippen LogP contribution is -2.22. The summed E-state index contributed by atoms with van der Waals surface area (Å²) in [5, 5.41) is 2.23. The standard InChI is InChI=1S/C22H16BrN3O4S/c1-13(27)26(15-7-9-16(29-2)10-8-15)22-24-14(12-31-22)11-19-21(28)30-20(25-19)17-5-3-4-6-18(17)23/h3-12H,1-2H3/b19-11+. The number of halogens is 1. The van der Waals surface area contributed by atoms with E-state index in [9.17, 15) is 9.59 Å². The van der Waals surface area contributed by atoms with Crippen LogP contribution >= 0.6 is 27.3 Å². The largest absolute Gasteiger partial charge is 0.497 e. The summed E-state index contributed by atoms with van der Waals surface area (Å²) in [4.78, 5) is 34.9. The molecule has 0 aliphatic carbocycles. The molecular weight excluding hydrogens is 482 g/mol. The first kappa shape index (κ1) is 21.0. The number of thiazole rings is 1. The number of rotatable bonds is 5. The van der Waals surface area contributed by atoms with Crippen LogP contribution in [0, 0.1) is 0 Å². The van der Waals surface area contributed by atoms with Gasteiger partial charge in [0.2, 0.25) is 11.8 Å². The van der Waals surface area contributed by atoms with Gasteiger partial charge >= 0.3 is 5.97 Å². The van der Waals surface area contributed by atoms with Crippen LogP contribution in [0.5, 0.6) is 5.75 Å². The van der Waals surface area contributed by atoms with Gasteiger partial charge in [-0.05, 0) is 58.4 Å². The van der Waals surface area contributed by atoms with E-state index in [1.165, 1.54) is 23.2 Å². The van der Waals surface area contributed by atoms with Crippen LogP contribution in [-0.2, 0) is 14.3 Å². The molecule has 0 spiro atoms. The van der Waals surface area contributed by atoms with Crippen molar-refractivity contribution in [3.8, 4) is 5.75 Å². The van der Waals surface area contributed by atoms with Crippen molar-refractivity contribution in [2.45, 2.75) is 6.92 Å². The van der Waals surface area contributed by atoms with Gasteiger partial charge in [-0.3, -0.25) is 9.69 Å². The Morgan fingerprint density at radius 2 is 1.94 bits per heavy atom. The van der Waals surface area contributed by atoms with E-state index in [2.05, 4.69) is 25.9 Å². The number of aromatic nitrogens is 1. The maximum Gasteiger partial charge on any atom is 0.363 e. The topological polar surface area (TPSA) is 81.1 Å². The molecule has 1 aliphatic rings. The van der Waals surface area contributed by atoms with Gasteiger partial charge in [0.25, 0.3) is 0 Å². The number of benzene rings is 2. The first-order valence-electron chi connectivity index (χ1n) is 9.14. The average Bonchev–Trinajstić information content (AvgIpc) is 3.36. The van der Waals surface area contributed by atoms with E-state index < -0.39 is 5.97 Å². The van der Waals surface area contributed by atoms with Gasteiger partial charge in [0.15, 0.2) is 10.8 Å². The number of aliphatic imine (C=N–C) groups is 1. The molecular formula is C22H16BrN3O4S. The third kappa shape index (κ3) is 4.42. The molecule has 156 valence electrons. The number of methoxy groups -OCH3 is 1. The summed E-state index contributed by atoms with van der Waals surface area (Å²) in [7, 11) is 1.58. The van der Waals surface area contributed by atoms with Gasteiger partial charge in [-0.15, -0.1) is 11.3 Å². The van der Waals surface area contributed by atoms with Crippen LogP contribution in [0.4, 0.5) is 10.8 Å². The van der Waals surface area contributed by atoms with Crippen LogP contribution in [0.15, 0.2) is 69.1 Å². The molecule has 9 heteroatoms. The molecule has 1 aliphatic heterocycles. The summed E-state index contributed by atoms with van der Waals surface area (Å²) in [6.07, 6.45) is 1.54. The average molecular weight is 498 g/mol. The Hall–Kier alpha value is -3.30. The molecule has 0 N–H and O–H groups in total. The molecule has 1 amide bonds. The molecule has 0 bridgehead atoms. The number of ether oxygens (including phenoxy) is 2. The summed E-state index contributed by atoms with van der Waals surface area (Å²) in [5.41, 5.74) is 1.99. The Bertz CT molecular complexity index is 1220. The summed E-state index contributed by atoms with van der Waals surface area (Å²) < 4.78 is 11.3. The summed E-state index contributed by atoms with van der Waals surface area (Å²) in [5.74, 6) is 0.171. The van der Waals surface area contributed by atoms with Gasteiger partial charge in [-0.2, -0.15) is 0 Å². The number of hydrogen-bond donors (Lipinski definition) is 0. The third-order valence-electron chi connectivity index (χ3n) is 4.36. The van der Waals surface area contributed by atoms with E-state index in [1.807, 2.05) is 18.2 Å². The molecule has 4 rings (SSSR count). The lowest BCUT2D eigenvalue weighted by Gasteiger charge is -2.18. The van der Waals surface area contributed by atoms with Crippen molar-refractivity contribution in [1.29, 1.82) is 0 Å². The minimum Gasteiger partial charge on any atom is -0.497 e. The number of anilines is 2. The van der Waals surface area contributed by atoms with Crippen molar-refractivity contribution in [2.24, 2.45) is 4.99 Å². The fraction of sp³-hybridized carbons (Fsp3) is 0.0909. The molecule has 0 unspecified atom stereocenters. The van der Waals surface area contributed by atoms with Crippen molar-refractivity contribution >= 4 is 61.9 Å². The Labute approximate surface area is 190 Å². The second kappa shape index (κ2) is 8.83. The van der Waals surface area contributed by atoms with E-state index in [-0.39, 0.29) is 17.5 Å². The highest BCUT2D eigenvalue weighted by Crippen LogP contribution is 2.31. The van der Waals surface area contributed by atoms with Crippen molar-refractivity contribution in [1.82, 2.24) is 4.98 Å². The second-order valence-electron chi connectivity index (χ2n) is 6.42. The number of amides is 1. The Kier molecular flexibility index (Phi) is 5.97. The smallest absolute Gasteiger partial charge is 0.363 e. The molecule has 7 nitrogen and oxygen atoms in total. The number of nitrogens with zero attached hydrogens (tertiary/aromatic N) is 3. The SMILES string of the molecule is COc1ccc(N(C(C)=O)c2nc(/C=C3/N=C(c4ccccc4Br)OC3=O)cs2)cc1. The van der Waals surface area contributed by atoms with Gasteiger partial charge < -0.3 is 9.47 Å². The fourth-order valence-electron chi connectivity index (χ4n) is 2.90. The molecule has 31 heavy (non-hydrogen) atoms. The first-order chi connectivity index (χ1) is 15.0. The number of cyclic esters (lactones) is 1. The minimum absolute atomic E-state index is 0.140. The number of carbonyl (C=O) groups excluding carboxylic acids is 2. The van der Waals surface area contributed by atoms with Gasteiger partial charge in [0.1, 0.15) is 5.75 Å². The van der Waals surface area contributed by atoms with Crippen molar-refractivity contribution in [3.05, 3.63) is 75.3 Å². The molecule has 1 aromatic heterocycles. The fourth-order valence-corrected chi connectivity index (χ4v) is 4.20. The molecule has 0 radical (unpaired) electrons. The zero-order chi connectivity index (χ0) is 22.0. The van der Waals surface area contributed by atoms with Crippen molar-refractivity contribution < 1.29 is 19.1 Å². The molecule has 0 saturated heterocycles. The lowest BCUT2D eigenvalue weighted by molar-refractivity contribution is -0.130. The lowest BCUT2D eigenvalue weighted by atomic mass is 10.2. The molecule has 0 saturated carbocycles. The highest BCUT2D eigenvalue weighted by Gasteiger charge is 2.26. The van der Waals surface area contributed by atoms with Gasteiger partial charge in [0.05, 0.1) is 24.1 Å². The normalized spacial score (nSPS) is 14.4. The quantitative estimate of drug-likeness (QED) is 0.368. The Morgan fingerprint density at radius 1 is 1.19 bits per heavy atom. The maximum atomic E-state index is 12.3. The van der Waals surface area contributed by atoms with E-state index in [0.717, 1.165) is 4.47 Å². The number of carbonyl (C=O) groups is 2. The van der Waals surface area contributed by atoms with Crippen LogP contribution in [0.25, 0.3) is 6.08 Å². The molecule has 3 aromatic rings. The number of esters is 1. The zero-order valence-corrected chi connectivity index (χ0v) is 18.9. The van der Waals surface area contributed by atoms with Crippen LogP contribution in [0.3, 0.4) is 0 Å². The van der Waals surface area contributed by atoms with Gasteiger partial charge in [-0.25, -0.2) is 14.8 Å². The van der Waals surface area contributed by atoms with Crippen LogP contribution in [-0.4, -0.2) is 29.9 Å². The highest BCUT2D eigenvalue weighted by molar-refractivity contribution is 9.10. The second-order valence-corrected chi connectivity index (χ2v) is 8.11. The Morgan fingerprint density at radius 3 is 2.61 bits per heavy atom. The molecule has 2 aromatic carbocycles. The number of hydrogen-bond acceptors (Lipinski definition) is 7. The van der Waals surface area contributed by atoms with Crippen LogP contribution in [0.2, 0.25) is 0 Å². The maximum absolute atomic E-state index is 12.3. The monoisotopic (exact) mass is 497 g/mol. The van der Waals surface area contributed by atoms with Crippen LogP contribution < -0.4 is 9.64 Å².